The van der Waals surface area contributed by atoms with Crippen LogP contribution in [0.25, 0.3) is 0 Å². The number of rotatable bonds is 5. The van der Waals surface area contributed by atoms with Crippen LogP contribution in [0.2, 0.25) is 0 Å². The quantitative estimate of drug-likeness (QED) is 0.912. The number of fused-ring (bicyclic) bond motifs is 1. The lowest BCUT2D eigenvalue weighted by molar-refractivity contribution is 0.110. The summed E-state index contributed by atoms with van der Waals surface area (Å²) in [5, 5.41) is 19.0. The van der Waals surface area contributed by atoms with Crippen LogP contribution in [0.4, 0.5) is 10.1 Å². The van der Waals surface area contributed by atoms with Crippen LogP contribution >= 0.6 is 0 Å². The minimum atomic E-state index is -0.786. The zero-order valence-electron chi connectivity index (χ0n) is 13.0. The Morgan fingerprint density at radius 2 is 2.08 bits per heavy atom. The number of hydrogen-bond acceptors (Lipinski definition) is 5. The van der Waals surface area contributed by atoms with E-state index in [1.54, 1.807) is 41.3 Å². The van der Waals surface area contributed by atoms with Gasteiger partial charge >= 0.3 is 0 Å². The molecule has 0 saturated heterocycles. The number of para-hydroxylation sites is 1. The summed E-state index contributed by atoms with van der Waals surface area (Å²) >= 11 is 0. The van der Waals surface area contributed by atoms with Crippen molar-refractivity contribution in [3.63, 3.8) is 0 Å². The van der Waals surface area contributed by atoms with Crippen LogP contribution in [0.3, 0.4) is 0 Å². The molecule has 0 aliphatic carbocycles. The van der Waals surface area contributed by atoms with E-state index in [2.05, 4.69) is 0 Å². The maximum atomic E-state index is 14.0. The second kappa shape index (κ2) is 7.20. The molecule has 3 rings (SSSR count). The van der Waals surface area contributed by atoms with E-state index in [0.717, 1.165) is 0 Å². The van der Waals surface area contributed by atoms with Crippen LogP contribution in [0, 0.1) is 17.1 Å². The Morgan fingerprint density at radius 3 is 2.83 bits per heavy atom. The number of nitriles is 1. The smallest absolute Gasteiger partial charge is 0.150 e. The maximum absolute atomic E-state index is 14.0. The van der Waals surface area contributed by atoms with E-state index in [0.29, 0.717) is 35.9 Å². The predicted octanol–water partition coefficient (Wildman–Crippen LogP) is 2.34. The van der Waals surface area contributed by atoms with Crippen molar-refractivity contribution >= 4 is 5.69 Å². The molecule has 0 aromatic heterocycles. The lowest BCUT2D eigenvalue weighted by Gasteiger charge is -2.32. The second-order valence-electron chi connectivity index (χ2n) is 5.48. The number of benzene rings is 2. The fourth-order valence-electron chi connectivity index (χ4n) is 2.60. The molecule has 2 aromatic rings. The molecule has 24 heavy (non-hydrogen) atoms. The molecule has 1 unspecified atom stereocenters. The fraction of sp³-hybridized carbons (Fsp3) is 0.278. The maximum Gasteiger partial charge on any atom is 0.150 e. The summed E-state index contributed by atoms with van der Waals surface area (Å²) in [4.78, 5) is 1.76. The zero-order valence-corrected chi connectivity index (χ0v) is 13.0. The Labute approximate surface area is 139 Å². The third kappa shape index (κ3) is 3.58. The molecule has 1 aliphatic rings. The molecule has 124 valence electrons. The van der Waals surface area contributed by atoms with Gasteiger partial charge in [0.05, 0.1) is 18.2 Å². The monoisotopic (exact) mass is 328 g/mol. The van der Waals surface area contributed by atoms with Gasteiger partial charge in [0, 0.05) is 6.54 Å². The van der Waals surface area contributed by atoms with Crippen LogP contribution in [0.1, 0.15) is 5.56 Å². The first-order chi connectivity index (χ1) is 11.7. The van der Waals surface area contributed by atoms with E-state index < -0.39 is 6.10 Å². The molecular weight excluding hydrogens is 311 g/mol. The number of aliphatic hydroxyl groups excluding tert-OH is 1. The highest BCUT2D eigenvalue weighted by atomic mass is 19.1. The molecule has 0 saturated carbocycles. The van der Waals surface area contributed by atoms with Gasteiger partial charge in [-0.25, -0.2) is 4.39 Å². The number of aliphatic hydroxyl groups is 1. The van der Waals surface area contributed by atoms with E-state index in [-0.39, 0.29) is 19.0 Å². The molecule has 2 aromatic carbocycles. The Kier molecular flexibility index (Phi) is 4.82. The third-order valence-electron chi connectivity index (χ3n) is 3.74. The van der Waals surface area contributed by atoms with Gasteiger partial charge in [0.15, 0.2) is 0 Å². The molecule has 1 N–H and O–H groups in total. The van der Waals surface area contributed by atoms with Crippen molar-refractivity contribution in [3.05, 3.63) is 53.8 Å². The highest BCUT2D eigenvalue weighted by Gasteiger charge is 2.23. The molecule has 1 atom stereocenters. The fourth-order valence-corrected chi connectivity index (χ4v) is 2.60. The molecule has 1 heterocycles. The van der Waals surface area contributed by atoms with Gasteiger partial charge in [-0.2, -0.15) is 5.26 Å². The molecule has 0 amide bonds. The lowest BCUT2D eigenvalue weighted by Crippen LogP contribution is -2.40. The third-order valence-corrected chi connectivity index (χ3v) is 3.74. The van der Waals surface area contributed by atoms with E-state index in [9.17, 15) is 9.50 Å². The van der Waals surface area contributed by atoms with Crippen molar-refractivity contribution < 1.29 is 19.0 Å². The number of ether oxygens (including phenoxy) is 2. The summed E-state index contributed by atoms with van der Waals surface area (Å²) in [6.07, 6.45) is -0.786. The molecule has 6 heteroatoms. The minimum Gasteiger partial charge on any atom is -0.491 e. The van der Waals surface area contributed by atoms with Crippen LogP contribution < -0.4 is 14.4 Å². The zero-order chi connectivity index (χ0) is 16.9. The summed E-state index contributed by atoms with van der Waals surface area (Å²) in [7, 11) is 0. The predicted molar refractivity (Wildman–Crippen MR) is 86.8 cm³/mol. The number of anilines is 1. The van der Waals surface area contributed by atoms with Gasteiger partial charge in [-0.15, -0.1) is 0 Å². The highest BCUT2D eigenvalue weighted by Crippen LogP contribution is 2.33. The Hall–Kier alpha value is -2.78. The van der Waals surface area contributed by atoms with E-state index in [1.165, 1.54) is 6.07 Å². The van der Waals surface area contributed by atoms with Gasteiger partial charge in [-0.3, -0.25) is 0 Å². The Bertz CT molecular complexity index is 743. The molecule has 1 aliphatic heterocycles. The molecular formula is C18H17FN2O3. The van der Waals surface area contributed by atoms with Crippen LogP contribution in [-0.2, 0) is 0 Å². The van der Waals surface area contributed by atoms with Gasteiger partial charge in [0.2, 0.25) is 0 Å². The largest absolute Gasteiger partial charge is 0.491 e. The summed E-state index contributed by atoms with van der Waals surface area (Å²) in [6.45, 7) is 1.27. The number of halogens is 1. The standard InChI is InChI=1S/C18H17FN2O3/c19-16-2-1-3-17-18(16)21(8-9-23-17)11-14(22)12-24-15-6-4-13(10-20)5-7-15/h1-7,14,22H,8-9,11-12H2. The average Bonchev–Trinajstić information content (AvgIpc) is 2.61. The van der Waals surface area contributed by atoms with Crippen molar-refractivity contribution in [3.8, 4) is 17.6 Å². The van der Waals surface area contributed by atoms with Crippen LogP contribution in [0.15, 0.2) is 42.5 Å². The van der Waals surface area contributed by atoms with Gasteiger partial charge in [0.25, 0.3) is 0 Å². The average molecular weight is 328 g/mol. The summed E-state index contributed by atoms with van der Waals surface area (Å²) in [6, 6.07) is 13.4. The van der Waals surface area contributed by atoms with Crippen LogP contribution in [-0.4, -0.2) is 37.5 Å². The minimum absolute atomic E-state index is 0.0764. The normalized spacial score (nSPS) is 14.3. The van der Waals surface area contributed by atoms with Crippen LogP contribution in [0.5, 0.6) is 11.5 Å². The lowest BCUT2D eigenvalue weighted by atomic mass is 10.2. The second-order valence-corrected chi connectivity index (χ2v) is 5.48. The first-order valence-corrected chi connectivity index (χ1v) is 7.64. The van der Waals surface area contributed by atoms with E-state index in [1.807, 2.05) is 6.07 Å². The van der Waals surface area contributed by atoms with Gasteiger partial charge in [-0.1, -0.05) is 6.07 Å². The highest BCUT2D eigenvalue weighted by molar-refractivity contribution is 5.60. The van der Waals surface area contributed by atoms with Crippen molar-refractivity contribution in [2.45, 2.75) is 6.10 Å². The Balaban J connectivity index is 1.60. The molecule has 0 fully saturated rings. The topological polar surface area (TPSA) is 65.7 Å². The van der Waals surface area contributed by atoms with Gasteiger partial charge < -0.3 is 19.5 Å². The first kappa shape index (κ1) is 16.1. The van der Waals surface area contributed by atoms with E-state index in [4.69, 9.17) is 14.7 Å². The summed E-state index contributed by atoms with van der Waals surface area (Å²) in [5.74, 6) is 0.690. The SMILES string of the molecule is N#Cc1ccc(OCC(O)CN2CCOc3cccc(F)c32)cc1. The number of nitrogens with zero attached hydrogens (tertiary/aromatic N) is 2. The molecule has 0 radical (unpaired) electrons. The van der Waals surface area contributed by atoms with Crippen molar-refractivity contribution in [2.75, 3.05) is 31.2 Å². The van der Waals surface area contributed by atoms with Gasteiger partial charge in [0.1, 0.15) is 42.3 Å². The number of hydrogen-bond donors (Lipinski definition) is 1. The first-order valence-electron chi connectivity index (χ1n) is 7.64. The van der Waals surface area contributed by atoms with E-state index >= 15 is 0 Å². The molecule has 0 spiro atoms. The number of β-amino-alcohol motifs (C(OH)–C–C–N with tert-alkyl or cyclic N) is 1. The molecule has 5 nitrogen and oxygen atoms in total. The summed E-state index contributed by atoms with van der Waals surface area (Å²) < 4.78 is 25.0. The van der Waals surface area contributed by atoms with Crippen molar-refractivity contribution in [1.29, 1.82) is 5.26 Å². The van der Waals surface area contributed by atoms with Crippen molar-refractivity contribution in [2.24, 2.45) is 0 Å². The van der Waals surface area contributed by atoms with Gasteiger partial charge in [-0.05, 0) is 36.4 Å². The summed E-state index contributed by atoms with van der Waals surface area (Å²) in [5.41, 5.74) is 0.921. The van der Waals surface area contributed by atoms with Crippen molar-refractivity contribution in [1.82, 2.24) is 0 Å². The molecule has 0 bridgehead atoms. The Morgan fingerprint density at radius 1 is 1.29 bits per heavy atom.